The fraction of sp³-hybridized carbons (Fsp3) is 0.632. The van der Waals surface area contributed by atoms with Crippen LogP contribution in [0.3, 0.4) is 0 Å². The highest BCUT2D eigenvalue weighted by molar-refractivity contribution is 5.94. The summed E-state index contributed by atoms with van der Waals surface area (Å²) in [5.74, 6) is 0.892. The van der Waals surface area contributed by atoms with Gasteiger partial charge in [-0.1, -0.05) is 13.0 Å². The van der Waals surface area contributed by atoms with Crippen LogP contribution in [0, 0.1) is 12.3 Å². The molecule has 2 aliphatic rings. The molecule has 140 valence electrons. The van der Waals surface area contributed by atoms with E-state index in [0.717, 1.165) is 62.7 Å². The minimum atomic E-state index is 0. The molecule has 0 saturated carbocycles. The average molecular weight is 368 g/mol. The van der Waals surface area contributed by atoms with Gasteiger partial charge < -0.3 is 15.0 Å². The van der Waals surface area contributed by atoms with Crippen LogP contribution in [-0.2, 0) is 0 Å². The molecule has 1 atom stereocenters. The quantitative estimate of drug-likeness (QED) is 0.886. The molecule has 0 aliphatic carbocycles. The number of methoxy groups -OCH3 is 1. The maximum atomic E-state index is 12.7. The predicted molar refractivity (Wildman–Crippen MR) is 103 cm³/mol. The first-order chi connectivity index (χ1) is 11.5. The summed E-state index contributed by atoms with van der Waals surface area (Å²) in [7, 11) is 1.65. The topological polar surface area (TPSA) is 44.8 Å². The maximum Gasteiger partial charge on any atom is 0.254 e. The number of rotatable bonds is 4. The Balaban J connectivity index is 0.00000225. The van der Waals surface area contributed by atoms with Crippen molar-refractivity contribution in [2.45, 2.75) is 20.3 Å². The van der Waals surface area contributed by atoms with Gasteiger partial charge in [0.1, 0.15) is 5.75 Å². The summed E-state index contributed by atoms with van der Waals surface area (Å²) in [6, 6.07) is 5.71. The summed E-state index contributed by atoms with van der Waals surface area (Å²) in [5.41, 5.74) is 2.16. The Morgan fingerprint density at radius 3 is 2.60 bits per heavy atom. The molecule has 25 heavy (non-hydrogen) atoms. The monoisotopic (exact) mass is 367 g/mol. The number of nitrogens with one attached hydrogen (secondary N) is 1. The third kappa shape index (κ3) is 4.66. The molecule has 0 bridgehead atoms. The summed E-state index contributed by atoms with van der Waals surface area (Å²) in [5, 5.41) is 3.46. The Bertz CT molecular complexity index is 594. The van der Waals surface area contributed by atoms with Gasteiger partial charge in [-0.2, -0.15) is 0 Å². The molecule has 2 heterocycles. The van der Waals surface area contributed by atoms with Gasteiger partial charge in [0.25, 0.3) is 5.91 Å². The van der Waals surface area contributed by atoms with E-state index in [0.29, 0.717) is 5.41 Å². The lowest BCUT2D eigenvalue weighted by Crippen LogP contribution is -2.51. The van der Waals surface area contributed by atoms with E-state index in [1.165, 1.54) is 6.42 Å². The van der Waals surface area contributed by atoms with E-state index in [1.54, 1.807) is 7.11 Å². The van der Waals surface area contributed by atoms with Gasteiger partial charge in [0.15, 0.2) is 0 Å². The normalized spacial score (nSPS) is 24.0. The predicted octanol–water partition coefficient (Wildman–Crippen LogP) is 2.18. The number of piperazine rings is 1. The molecule has 1 aromatic rings. The van der Waals surface area contributed by atoms with Gasteiger partial charge in [-0.25, -0.2) is 0 Å². The van der Waals surface area contributed by atoms with Crippen molar-refractivity contribution >= 4 is 18.3 Å². The number of ether oxygens (including phenoxy) is 1. The zero-order valence-electron chi connectivity index (χ0n) is 15.5. The van der Waals surface area contributed by atoms with E-state index >= 15 is 0 Å². The molecule has 6 heteroatoms. The highest BCUT2D eigenvalue weighted by Gasteiger charge is 2.32. The highest BCUT2D eigenvalue weighted by Crippen LogP contribution is 2.26. The number of hydrogen-bond donors (Lipinski definition) is 1. The van der Waals surface area contributed by atoms with E-state index < -0.39 is 0 Å². The maximum absolute atomic E-state index is 12.7. The first-order valence-corrected chi connectivity index (χ1v) is 8.88. The molecule has 2 fully saturated rings. The van der Waals surface area contributed by atoms with E-state index in [2.05, 4.69) is 17.1 Å². The van der Waals surface area contributed by atoms with Crippen LogP contribution in [-0.4, -0.2) is 68.6 Å². The Morgan fingerprint density at radius 1 is 1.28 bits per heavy atom. The Hall–Kier alpha value is -1.30. The number of carbonyl (C=O) groups is 1. The smallest absolute Gasteiger partial charge is 0.254 e. The SMILES string of the molecule is COc1cc(C(=O)N2CCN(CC3(C)CCNC3)CC2)ccc1C.Cl. The van der Waals surface area contributed by atoms with Gasteiger partial charge >= 0.3 is 0 Å². The van der Waals surface area contributed by atoms with Crippen LogP contribution in [0.15, 0.2) is 18.2 Å². The number of amides is 1. The number of carbonyl (C=O) groups excluding carboxylic acids is 1. The van der Waals surface area contributed by atoms with Crippen LogP contribution in [0.5, 0.6) is 5.75 Å². The van der Waals surface area contributed by atoms with Crippen LogP contribution in [0.4, 0.5) is 0 Å². The molecule has 0 radical (unpaired) electrons. The molecule has 1 unspecified atom stereocenters. The van der Waals surface area contributed by atoms with Crippen molar-refractivity contribution in [3.63, 3.8) is 0 Å². The summed E-state index contributed by atoms with van der Waals surface area (Å²) >= 11 is 0. The molecule has 1 aromatic carbocycles. The molecule has 0 aromatic heterocycles. The number of nitrogens with zero attached hydrogens (tertiary/aromatic N) is 2. The second kappa shape index (κ2) is 8.39. The molecular formula is C19H30ClN3O2. The summed E-state index contributed by atoms with van der Waals surface area (Å²) in [4.78, 5) is 17.2. The number of halogens is 1. The average Bonchev–Trinajstić information content (AvgIpc) is 3.01. The van der Waals surface area contributed by atoms with Crippen LogP contribution in [0.25, 0.3) is 0 Å². The zero-order chi connectivity index (χ0) is 17.2. The summed E-state index contributed by atoms with van der Waals surface area (Å²) in [6.07, 6.45) is 1.25. The second-order valence-corrected chi connectivity index (χ2v) is 7.49. The Kier molecular flexibility index (Phi) is 6.72. The molecule has 1 N–H and O–H groups in total. The Morgan fingerprint density at radius 2 is 2.00 bits per heavy atom. The Labute approximate surface area is 157 Å². The number of benzene rings is 1. The molecular weight excluding hydrogens is 338 g/mol. The first kappa shape index (κ1) is 20.0. The third-order valence-corrected chi connectivity index (χ3v) is 5.38. The van der Waals surface area contributed by atoms with Crippen molar-refractivity contribution in [1.29, 1.82) is 0 Å². The van der Waals surface area contributed by atoms with Crippen molar-refractivity contribution in [2.24, 2.45) is 5.41 Å². The van der Waals surface area contributed by atoms with Gasteiger partial charge in [0.2, 0.25) is 0 Å². The lowest BCUT2D eigenvalue weighted by molar-refractivity contribution is 0.0581. The minimum absolute atomic E-state index is 0. The fourth-order valence-corrected chi connectivity index (χ4v) is 3.79. The zero-order valence-corrected chi connectivity index (χ0v) is 16.3. The van der Waals surface area contributed by atoms with E-state index in [9.17, 15) is 4.79 Å². The molecule has 2 saturated heterocycles. The first-order valence-electron chi connectivity index (χ1n) is 8.88. The molecule has 0 spiro atoms. The van der Waals surface area contributed by atoms with Gasteiger partial charge in [-0.05, 0) is 43.0 Å². The van der Waals surface area contributed by atoms with Gasteiger partial charge in [0, 0.05) is 44.8 Å². The molecule has 3 rings (SSSR count). The lowest BCUT2D eigenvalue weighted by Gasteiger charge is -2.38. The molecule has 2 aliphatic heterocycles. The molecule has 1 amide bonds. The van der Waals surface area contributed by atoms with E-state index in [1.807, 2.05) is 30.0 Å². The summed E-state index contributed by atoms with van der Waals surface area (Å²) in [6.45, 7) is 11.2. The van der Waals surface area contributed by atoms with Crippen molar-refractivity contribution in [1.82, 2.24) is 15.1 Å². The largest absolute Gasteiger partial charge is 0.496 e. The van der Waals surface area contributed by atoms with Crippen molar-refractivity contribution in [2.75, 3.05) is 52.9 Å². The highest BCUT2D eigenvalue weighted by atomic mass is 35.5. The van der Waals surface area contributed by atoms with Crippen molar-refractivity contribution in [3.05, 3.63) is 29.3 Å². The third-order valence-electron chi connectivity index (χ3n) is 5.38. The summed E-state index contributed by atoms with van der Waals surface area (Å²) < 4.78 is 5.34. The fourth-order valence-electron chi connectivity index (χ4n) is 3.79. The van der Waals surface area contributed by atoms with Crippen LogP contribution in [0.1, 0.15) is 29.3 Å². The van der Waals surface area contributed by atoms with Gasteiger partial charge in [-0.3, -0.25) is 9.69 Å². The van der Waals surface area contributed by atoms with Crippen LogP contribution >= 0.6 is 12.4 Å². The van der Waals surface area contributed by atoms with Crippen LogP contribution < -0.4 is 10.1 Å². The van der Waals surface area contributed by atoms with Crippen molar-refractivity contribution in [3.8, 4) is 5.75 Å². The lowest BCUT2D eigenvalue weighted by atomic mass is 9.89. The number of hydrogen-bond acceptors (Lipinski definition) is 4. The van der Waals surface area contributed by atoms with Gasteiger partial charge in [-0.15, -0.1) is 12.4 Å². The van der Waals surface area contributed by atoms with Gasteiger partial charge in [0.05, 0.1) is 7.11 Å². The van der Waals surface area contributed by atoms with E-state index in [-0.39, 0.29) is 18.3 Å². The number of aryl methyl sites for hydroxylation is 1. The molecule has 5 nitrogen and oxygen atoms in total. The van der Waals surface area contributed by atoms with E-state index in [4.69, 9.17) is 4.74 Å². The minimum Gasteiger partial charge on any atom is -0.496 e. The van der Waals surface area contributed by atoms with Crippen molar-refractivity contribution < 1.29 is 9.53 Å². The van der Waals surface area contributed by atoms with Crippen LogP contribution in [0.2, 0.25) is 0 Å². The standard InChI is InChI=1S/C19H29N3O2.ClH/c1-15-4-5-16(12-17(15)24-3)18(23)22-10-8-21(9-11-22)14-19(2)6-7-20-13-19;/h4-5,12,20H,6-11,13-14H2,1-3H3;1H. The second-order valence-electron chi connectivity index (χ2n) is 7.49.